The van der Waals surface area contributed by atoms with Crippen molar-refractivity contribution in [2.24, 2.45) is 10.8 Å². The Kier molecular flexibility index (Phi) is 5.06. The third-order valence-corrected chi connectivity index (χ3v) is 3.60. The molecule has 6 nitrogen and oxygen atoms in total. The van der Waals surface area contributed by atoms with Gasteiger partial charge in [0, 0.05) is 17.3 Å². The van der Waals surface area contributed by atoms with E-state index in [9.17, 15) is 0 Å². The highest BCUT2D eigenvalue weighted by atomic mass is 32.1. The summed E-state index contributed by atoms with van der Waals surface area (Å²) >= 11 is 4.76. The van der Waals surface area contributed by atoms with Crippen molar-refractivity contribution >= 4 is 23.5 Å². The summed E-state index contributed by atoms with van der Waals surface area (Å²) in [6.45, 7) is 0. The number of thiocarbonyl (C=S) groups is 1. The fourth-order valence-corrected chi connectivity index (χ4v) is 2.39. The van der Waals surface area contributed by atoms with Gasteiger partial charge in [-0.15, -0.1) is 0 Å². The standard InChI is InChI=1S/C18H17N5OS/c1-24-16-9-7-13(8-10-16)17-14(11-20-21-18(19)25)12-23(22-17)15-5-3-2-4-6-15/h2-12H,1H3,(H3,19,21,25)/b20-11-. The molecule has 0 spiro atoms. The normalized spacial score (nSPS) is 10.8. The van der Waals surface area contributed by atoms with E-state index in [1.54, 1.807) is 13.3 Å². The van der Waals surface area contributed by atoms with Crippen LogP contribution in [0.15, 0.2) is 65.9 Å². The van der Waals surface area contributed by atoms with Crippen LogP contribution in [-0.4, -0.2) is 28.2 Å². The molecule has 0 amide bonds. The van der Waals surface area contributed by atoms with Crippen molar-refractivity contribution in [3.05, 3.63) is 66.4 Å². The average molecular weight is 351 g/mol. The van der Waals surface area contributed by atoms with Crippen LogP contribution >= 0.6 is 12.2 Å². The average Bonchev–Trinajstić information content (AvgIpc) is 3.06. The molecule has 7 heteroatoms. The first-order chi connectivity index (χ1) is 12.2. The Balaban J connectivity index is 2.02. The van der Waals surface area contributed by atoms with Gasteiger partial charge in [-0.1, -0.05) is 18.2 Å². The zero-order chi connectivity index (χ0) is 17.6. The van der Waals surface area contributed by atoms with Crippen LogP contribution in [0, 0.1) is 0 Å². The maximum Gasteiger partial charge on any atom is 0.184 e. The summed E-state index contributed by atoms with van der Waals surface area (Å²) in [6.07, 6.45) is 3.55. The summed E-state index contributed by atoms with van der Waals surface area (Å²) in [5.74, 6) is 0.789. The maximum atomic E-state index is 5.41. The predicted octanol–water partition coefficient (Wildman–Crippen LogP) is 2.71. The minimum atomic E-state index is 0.109. The van der Waals surface area contributed by atoms with Crippen molar-refractivity contribution < 1.29 is 4.74 Å². The van der Waals surface area contributed by atoms with E-state index < -0.39 is 0 Å². The van der Waals surface area contributed by atoms with E-state index >= 15 is 0 Å². The number of benzene rings is 2. The Morgan fingerprint density at radius 3 is 2.56 bits per heavy atom. The number of rotatable bonds is 5. The molecule has 3 N–H and O–H groups in total. The number of hydrogen-bond donors (Lipinski definition) is 2. The van der Waals surface area contributed by atoms with Crippen molar-refractivity contribution in [2.75, 3.05) is 7.11 Å². The Morgan fingerprint density at radius 1 is 1.20 bits per heavy atom. The molecule has 2 aromatic carbocycles. The first-order valence-corrected chi connectivity index (χ1v) is 7.96. The fourth-order valence-electron chi connectivity index (χ4n) is 2.33. The summed E-state index contributed by atoms with van der Waals surface area (Å²) in [7, 11) is 1.64. The largest absolute Gasteiger partial charge is 0.497 e. The molecule has 0 fully saturated rings. The molecule has 0 saturated heterocycles. The summed E-state index contributed by atoms with van der Waals surface area (Å²) in [4.78, 5) is 0. The van der Waals surface area contributed by atoms with E-state index in [1.165, 1.54) is 0 Å². The molecule has 0 bridgehead atoms. The number of para-hydroxylation sites is 1. The number of nitrogens with zero attached hydrogens (tertiary/aromatic N) is 3. The van der Waals surface area contributed by atoms with Gasteiger partial charge < -0.3 is 10.5 Å². The van der Waals surface area contributed by atoms with Gasteiger partial charge in [0.15, 0.2) is 5.11 Å². The molecule has 0 aliphatic carbocycles. The molecule has 126 valence electrons. The summed E-state index contributed by atoms with van der Waals surface area (Å²) < 4.78 is 7.02. The molecule has 0 aliphatic rings. The molecule has 25 heavy (non-hydrogen) atoms. The number of aromatic nitrogens is 2. The Morgan fingerprint density at radius 2 is 1.92 bits per heavy atom. The van der Waals surface area contributed by atoms with Gasteiger partial charge in [-0.25, -0.2) is 4.68 Å². The minimum absolute atomic E-state index is 0.109. The Labute approximate surface area is 150 Å². The fraction of sp³-hybridized carbons (Fsp3) is 0.0556. The molecular weight excluding hydrogens is 334 g/mol. The lowest BCUT2D eigenvalue weighted by Gasteiger charge is -2.02. The predicted molar refractivity (Wildman–Crippen MR) is 103 cm³/mol. The van der Waals surface area contributed by atoms with E-state index in [2.05, 4.69) is 10.5 Å². The van der Waals surface area contributed by atoms with Crippen LogP contribution in [0.4, 0.5) is 0 Å². The lowest BCUT2D eigenvalue weighted by Crippen LogP contribution is -2.24. The molecule has 1 heterocycles. The Hall–Kier alpha value is -3.19. The number of hydrogen-bond acceptors (Lipinski definition) is 4. The van der Waals surface area contributed by atoms with E-state index in [4.69, 9.17) is 27.8 Å². The smallest absolute Gasteiger partial charge is 0.184 e. The second kappa shape index (κ2) is 7.59. The Bertz CT molecular complexity index is 888. The third kappa shape index (κ3) is 4.02. The van der Waals surface area contributed by atoms with Gasteiger partial charge in [0.2, 0.25) is 0 Å². The van der Waals surface area contributed by atoms with Gasteiger partial charge in [-0.2, -0.15) is 10.2 Å². The van der Waals surface area contributed by atoms with E-state index in [-0.39, 0.29) is 5.11 Å². The molecule has 3 aromatic rings. The first-order valence-electron chi connectivity index (χ1n) is 7.55. The SMILES string of the molecule is COc1ccc(-c2nn(-c3ccccc3)cc2/C=N\NC(N)=S)cc1. The van der Waals surface area contributed by atoms with Crippen LogP contribution in [0.25, 0.3) is 16.9 Å². The second-order valence-electron chi connectivity index (χ2n) is 5.18. The quantitative estimate of drug-likeness (QED) is 0.420. The third-order valence-electron chi connectivity index (χ3n) is 3.51. The molecule has 3 rings (SSSR count). The molecule has 1 aromatic heterocycles. The van der Waals surface area contributed by atoms with Crippen molar-refractivity contribution in [2.45, 2.75) is 0 Å². The highest BCUT2D eigenvalue weighted by Crippen LogP contribution is 2.24. The lowest BCUT2D eigenvalue weighted by molar-refractivity contribution is 0.415. The van der Waals surface area contributed by atoms with Crippen LogP contribution < -0.4 is 15.9 Å². The van der Waals surface area contributed by atoms with E-state index in [1.807, 2.05) is 65.5 Å². The molecule has 0 unspecified atom stereocenters. The van der Waals surface area contributed by atoms with E-state index in [0.717, 1.165) is 28.3 Å². The van der Waals surface area contributed by atoms with Crippen LogP contribution in [-0.2, 0) is 0 Å². The number of methoxy groups -OCH3 is 1. The summed E-state index contributed by atoms with van der Waals surface area (Å²) in [5, 5.41) is 8.85. The zero-order valence-electron chi connectivity index (χ0n) is 13.6. The highest BCUT2D eigenvalue weighted by Gasteiger charge is 2.11. The van der Waals surface area contributed by atoms with Gasteiger partial charge in [-0.05, 0) is 48.6 Å². The monoisotopic (exact) mass is 351 g/mol. The van der Waals surface area contributed by atoms with Gasteiger partial charge in [0.25, 0.3) is 0 Å². The van der Waals surface area contributed by atoms with Crippen molar-refractivity contribution in [1.82, 2.24) is 15.2 Å². The maximum absolute atomic E-state index is 5.41. The van der Waals surface area contributed by atoms with Gasteiger partial charge in [-0.3, -0.25) is 5.43 Å². The summed E-state index contributed by atoms with van der Waals surface area (Å²) in [5.41, 5.74) is 11.5. The van der Waals surface area contributed by atoms with Gasteiger partial charge in [0.1, 0.15) is 11.4 Å². The van der Waals surface area contributed by atoms with Crippen LogP contribution in [0.3, 0.4) is 0 Å². The number of nitrogens with one attached hydrogen (secondary N) is 1. The molecular formula is C18H17N5OS. The highest BCUT2D eigenvalue weighted by molar-refractivity contribution is 7.80. The van der Waals surface area contributed by atoms with Crippen LogP contribution in [0.2, 0.25) is 0 Å². The lowest BCUT2D eigenvalue weighted by atomic mass is 10.1. The number of ether oxygens (including phenoxy) is 1. The minimum Gasteiger partial charge on any atom is -0.497 e. The topological polar surface area (TPSA) is 77.5 Å². The molecule has 0 atom stereocenters. The first kappa shape index (κ1) is 16.7. The molecule has 0 radical (unpaired) electrons. The van der Waals surface area contributed by atoms with E-state index in [0.29, 0.717) is 0 Å². The zero-order valence-corrected chi connectivity index (χ0v) is 14.4. The number of nitrogens with two attached hydrogens (primary N) is 1. The van der Waals surface area contributed by atoms with Gasteiger partial charge in [0.05, 0.1) is 19.0 Å². The van der Waals surface area contributed by atoms with Crippen molar-refractivity contribution in [3.63, 3.8) is 0 Å². The second-order valence-corrected chi connectivity index (χ2v) is 5.62. The molecule has 0 aliphatic heterocycles. The van der Waals surface area contributed by atoms with Crippen molar-refractivity contribution in [3.8, 4) is 22.7 Å². The summed E-state index contributed by atoms with van der Waals surface area (Å²) in [6, 6.07) is 17.6. The van der Waals surface area contributed by atoms with Crippen LogP contribution in [0.1, 0.15) is 5.56 Å². The molecule has 0 saturated carbocycles. The number of hydrazone groups is 1. The van der Waals surface area contributed by atoms with Gasteiger partial charge >= 0.3 is 0 Å². The van der Waals surface area contributed by atoms with Crippen molar-refractivity contribution in [1.29, 1.82) is 0 Å². The van der Waals surface area contributed by atoms with Crippen LogP contribution in [0.5, 0.6) is 5.75 Å².